The zero-order chi connectivity index (χ0) is 15.4. The number of carbonyl (C=O) groups is 1. The van der Waals surface area contributed by atoms with Gasteiger partial charge in [0.05, 0.1) is 0 Å². The summed E-state index contributed by atoms with van der Waals surface area (Å²) in [5.74, 6) is -0.905. The SMILES string of the molecule is CC(C)(CCN)NC(=O)c1cccc(OC(F)(F)F)c1. The normalized spacial score (nSPS) is 12.1. The third kappa shape index (κ3) is 5.48. The second-order valence-corrected chi connectivity index (χ2v) is 4.95. The number of carbonyl (C=O) groups excluding carboxylic acids is 1. The highest BCUT2D eigenvalue weighted by Gasteiger charge is 2.31. The molecule has 1 aromatic carbocycles. The van der Waals surface area contributed by atoms with Gasteiger partial charge in [0, 0.05) is 11.1 Å². The van der Waals surface area contributed by atoms with Crippen molar-refractivity contribution in [2.45, 2.75) is 32.2 Å². The van der Waals surface area contributed by atoms with Crippen molar-refractivity contribution >= 4 is 5.91 Å². The molecule has 0 heterocycles. The number of halogens is 3. The molecule has 0 aliphatic carbocycles. The highest BCUT2D eigenvalue weighted by Crippen LogP contribution is 2.23. The molecule has 0 bridgehead atoms. The van der Waals surface area contributed by atoms with Gasteiger partial charge >= 0.3 is 6.36 Å². The Morgan fingerprint density at radius 3 is 2.55 bits per heavy atom. The van der Waals surface area contributed by atoms with Crippen molar-refractivity contribution in [3.05, 3.63) is 29.8 Å². The van der Waals surface area contributed by atoms with E-state index in [1.807, 2.05) is 0 Å². The van der Waals surface area contributed by atoms with Gasteiger partial charge in [-0.3, -0.25) is 4.79 Å². The summed E-state index contributed by atoms with van der Waals surface area (Å²) in [5.41, 5.74) is 4.99. The van der Waals surface area contributed by atoms with Crippen LogP contribution < -0.4 is 15.8 Å². The summed E-state index contributed by atoms with van der Waals surface area (Å²) in [4.78, 5) is 12.0. The number of alkyl halides is 3. The van der Waals surface area contributed by atoms with Crippen LogP contribution in [-0.2, 0) is 0 Å². The minimum atomic E-state index is -4.78. The fourth-order valence-corrected chi connectivity index (χ4v) is 1.64. The Bertz CT molecular complexity index is 473. The molecule has 20 heavy (non-hydrogen) atoms. The van der Waals surface area contributed by atoms with E-state index >= 15 is 0 Å². The molecule has 7 heteroatoms. The number of nitrogens with two attached hydrogens (primary N) is 1. The Morgan fingerprint density at radius 1 is 1.35 bits per heavy atom. The number of nitrogens with one attached hydrogen (secondary N) is 1. The first-order valence-electron chi connectivity index (χ1n) is 6.01. The Labute approximate surface area is 115 Å². The zero-order valence-electron chi connectivity index (χ0n) is 11.3. The first-order valence-corrected chi connectivity index (χ1v) is 6.01. The Balaban J connectivity index is 2.81. The van der Waals surface area contributed by atoms with E-state index in [0.29, 0.717) is 13.0 Å². The van der Waals surface area contributed by atoms with Gasteiger partial charge in [-0.2, -0.15) is 0 Å². The second-order valence-electron chi connectivity index (χ2n) is 4.95. The number of hydrogen-bond acceptors (Lipinski definition) is 3. The molecule has 0 spiro atoms. The third-order valence-corrected chi connectivity index (χ3v) is 2.55. The summed E-state index contributed by atoms with van der Waals surface area (Å²) in [6, 6.07) is 4.92. The van der Waals surface area contributed by atoms with Crippen LogP contribution >= 0.6 is 0 Å². The van der Waals surface area contributed by atoms with Gasteiger partial charge in [-0.15, -0.1) is 13.2 Å². The van der Waals surface area contributed by atoms with Crippen LogP contribution in [0.4, 0.5) is 13.2 Å². The van der Waals surface area contributed by atoms with Crippen LogP contribution in [0.3, 0.4) is 0 Å². The second kappa shape index (κ2) is 6.13. The lowest BCUT2D eigenvalue weighted by atomic mass is 10.00. The Morgan fingerprint density at radius 2 is 2.00 bits per heavy atom. The predicted octanol–water partition coefficient (Wildman–Crippen LogP) is 2.44. The average Bonchev–Trinajstić information content (AvgIpc) is 2.26. The van der Waals surface area contributed by atoms with Gasteiger partial charge in [0.15, 0.2) is 0 Å². The van der Waals surface area contributed by atoms with Gasteiger partial charge in [-0.1, -0.05) is 6.07 Å². The van der Waals surface area contributed by atoms with Crippen molar-refractivity contribution in [1.29, 1.82) is 0 Å². The largest absolute Gasteiger partial charge is 0.573 e. The van der Waals surface area contributed by atoms with Gasteiger partial charge in [0.2, 0.25) is 0 Å². The number of hydrogen-bond donors (Lipinski definition) is 2. The average molecular weight is 290 g/mol. The molecular weight excluding hydrogens is 273 g/mol. The number of rotatable bonds is 5. The molecule has 0 saturated heterocycles. The number of amides is 1. The third-order valence-electron chi connectivity index (χ3n) is 2.55. The van der Waals surface area contributed by atoms with Crippen LogP contribution in [0.2, 0.25) is 0 Å². The summed E-state index contributed by atoms with van der Waals surface area (Å²) in [6.07, 6.45) is -4.23. The van der Waals surface area contributed by atoms with Crippen molar-refractivity contribution < 1.29 is 22.7 Å². The molecule has 0 aliphatic heterocycles. The molecule has 0 unspecified atom stereocenters. The molecule has 0 fully saturated rings. The van der Waals surface area contributed by atoms with Crippen LogP contribution in [0, 0.1) is 0 Å². The van der Waals surface area contributed by atoms with Gasteiger partial charge in [-0.05, 0) is 45.0 Å². The molecule has 1 aromatic rings. The maximum atomic E-state index is 12.1. The molecule has 4 nitrogen and oxygen atoms in total. The summed E-state index contributed by atoms with van der Waals surface area (Å²) in [5, 5.41) is 2.71. The van der Waals surface area contributed by atoms with E-state index in [-0.39, 0.29) is 5.56 Å². The lowest BCUT2D eigenvalue weighted by molar-refractivity contribution is -0.274. The summed E-state index contributed by atoms with van der Waals surface area (Å²) in [6.45, 7) is 3.96. The van der Waals surface area contributed by atoms with Crippen molar-refractivity contribution in [3.63, 3.8) is 0 Å². The molecule has 3 N–H and O–H groups in total. The zero-order valence-corrected chi connectivity index (χ0v) is 11.3. The molecule has 0 aliphatic rings. The van der Waals surface area contributed by atoms with E-state index in [1.165, 1.54) is 12.1 Å². The van der Waals surface area contributed by atoms with Crippen LogP contribution in [0.1, 0.15) is 30.6 Å². The van der Waals surface area contributed by atoms with Crippen LogP contribution in [0.25, 0.3) is 0 Å². The predicted molar refractivity (Wildman–Crippen MR) is 68.3 cm³/mol. The quantitative estimate of drug-likeness (QED) is 0.875. The molecule has 0 saturated carbocycles. The van der Waals surface area contributed by atoms with E-state index in [4.69, 9.17) is 5.73 Å². The molecule has 112 valence electrons. The van der Waals surface area contributed by atoms with E-state index in [1.54, 1.807) is 13.8 Å². The van der Waals surface area contributed by atoms with Crippen molar-refractivity contribution in [2.75, 3.05) is 6.54 Å². The monoisotopic (exact) mass is 290 g/mol. The van der Waals surface area contributed by atoms with Crippen molar-refractivity contribution in [1.82, 2.24) is 5.32 Å². The van der Waals surface area contributed by atoms with Gasteiger partial charge < -0.3 is 15.8 Å². The molecule has 0 radical (unpaired) electrons. The van der Waals surface area contributed by atoms with E-state index in [9.17, 15) is 18.0 Å². The molecule has 1 rings (SSSR count). The van der Waals surface area contributed by atoms with Crippen LogP contribution in [0.15, 0.2) is 24.3 Å². The van der Waals surface area contributed by atoms with Crippen LogP contribution in [-0.4, -0.2) is 24.4 Å². The molecule has 0 atom stereocenters. The fraction of sp³-hybridized carbons (Fsp3) is 0.462. The lowest BCUT2D eigenvalue weighted by Crippen LogP contribution is -2.44. The fourth-order valence-electron chi connectivity index (χ4n) is 1.64. The first kappa shape index (κ1) is 16.3. The van der Waals surface area contributed by atoms with Gasteiger partial charge in [0.25, 0.3) is 5.91 Å². The summed E-state index contributed by atoms with van der Waals surface area (Å²) >= 11 is 0. The molecular formula is C13H17F3N2O2. The Hall–Kier alpha value is -1.76. The van der Waals surface area contributed by atoms with Crippen LogP contribution in [0.5, 0.6) is 5.75 Å². The summed E-state index contributed by atoms with van der Waals surface area (Å²) in [7, 11) is 0. The van der Waals surface area contributed by atoms with Crippen molar-refractivity contribution in [3.8, 4) is 5.75 Å². The number of ether oxygens (including phenoxy) is 1. The van der Waals surface area contributed by atoms with E-state index in [0.717, 1.165) is 12.1 Å². The number of benzene rings is 1. The first-order chi connectivity index (χ1) is 9.13. The van der Waals surface area contributed by atoms with E-state index < -0.39 is 23.6 Å². The van der Waals surface area contributed by atoms with Crippen molar-refractivity contribution in [2.24, 2.45) is 5.73 Å². The molecule has 1 amide bonds. The smallest absolute Gasteiger partial charge is 0.406 e. The standard InChI is InChI=1S/C13H17F3N2O2/c1-12(2,6-7-17)18-11(19)9-4-3-5-10(8-9)20-13(14,15)16/h3-5,8H,6-7,17H2,1-2H3,(H,18,19). The summed E-state index contributed by atoms with van der Waals surface area (Å²) < 4.78 is 40.1. The van der Waals surface area contributed by atoms with Gasteiger partial charge in [-0.25, -0.2) is 0 Å². The highest BCUT2D eigenvalue weighted by atomic mass is 19.4. The van der Waals surface area contributed by atoms with Gasteiger partial charge in [0.1, 0.15) is 5.75 Å². The minimum absolute atomic E-state index is 0.0943. The molecule has 0 aromatic heterocycles. The lowest BCUT2D eigenvalue weighted by Gasteiger charge is -2.25. The Kier molecular flexibility index (Phi) is 4.99. The van der Waals surface area contributed by atoms with E-state index in [2.05, 4.69) is 10.1 Å². The maximum Gasteiger partial charge on any atom is 0.573 e. The topological polar surface area (TPSA) is 64.3 Å². The highest BCUT2D eigenvalue weighted by molar-refractivity contribution is 5.95. The minimum Gasteiger partial charge on any atom is -0.406 e. The maximum absolute atomic E-state index is 12.1.